The molecule has 0 aliphatic heterocycles. The fourth-order valence-electron chi connectivity index (χ4n) is 3.26. The van der Waals surface area contributed by atoms with Gasteiger partial charge in [0.15, 0.2) is 0 Å². The molecule has 1 aromatic heterocycles. The van der Waals surface area contributed by atoms with Gasteiger partial charge < -0.3 is 4.74 Å². The summed E-state index contributed by atoms with van der Waals surface area (Å²) in [5.41, 5.74) is 7.30. The number of non-ortho nitro benzene ring substituents is 1. The zero-order chi connectivity index (χ0) is 24.8. The summed E-state index contributed by atoms with van der Waals surface area (Å²) in [6, 6.07) is 23.3. The van der Waals surface area contributed by atoms with E-state index in [1.165, 1.54) is 17.7 Å². The van der Waals surface area contributed by atoms with Crippen LogP contribution in [0.15, 0.2) is 84.0 Å². The van der Waals surface area contributed by atoms with Crippen molar-refractivity contribution in [3.63, 3.8) is 0 Å². The molecule has 1 heterocycles. The fourth-order valence-corrected chi connectivity index (χ4v) is 3.26. The van der Waals surface area contributed by atoms with Crippen LogP contribution in [0.1, 0.15) is 34.1 Å². The molecule has 0 aliphatic carbocycles. The van der Waals surface area contributed by atoms with Crippen molar-refractivity contribution in [3.05, 3.63) is 111 Å². The van der Waals surface area contributed by atoms with Crippen LogP contribution in [-0.2, 0) is 6.61 Å². The third-order valence-corrected chi connectivity index (χ3v) is 5.30. The number of H-pyrrole nitrogens is 1. The molecule has 0 unspecified atom stereocenters. The molecule has 0 aliphatic rings. The Morgan fingerprint density at radius 3 is 2.54 bits per heavy atom. The quantitative estimate of drug-likeness (QED) is 0.213. The minimum Gasteiger partial charge on any atom is -0.489 e. The van der Waals surface area contributed by atoms with E-state index >= 15 is 0 Å². The van der Waals surface area contributed by atoms with Crippen LogP contribution in [0.4, 0.5) is 5.69 Å². The number of nitrogens with zero attached hydrogens (tertiary/aromatic N) is 3. The van der Waals surface area contributed by atoms with E-state index in [0.717, 1.165) is 16.9 Å². The third-order valence-electron chi connectivity index (χ3n) is 5.30. The highest BCUT2D eigenvalue weighted by Crippen LogP contribution is 2.22. The second-order valence-electron chi connectivity index (χ2n) is 7.91. The molecular formula is C26H23N5O4. The van der Waals surface area contributed by atoms with Crippen molar-refractivity contribution in [1.82, 2.24) is 15.6 Å². The highest BCUT2D eigenvalue weighted by Gasteiger charge is 2.12. The average molecular weight is 470 g/mol. The number of aryl methyl sites for hydroxylation is 1. The first kappa shape index (κ1) is 23.4. The third kappa shape index (κ3) is 5.97. The molecule has 0 fully saturated rings. The van der Waals surface area contributed by atoms with Gasteiger partial charge in [0.2, 0.25) is 0 Å². The lowest BCUT2D eigenvalue weighted by Crippen LogP contribution is -2.19. The number of benzene rings is 3. The lowest BCUT2D eigenvalue weighted by molar-refractivity contribution is -0.384. The summed E-state index contributed by atoms with van der Waals surface area (Å²) in [5.74, 6) is 0.250. The molecule has 0 spiro atoms. The molecule has 0 bridgehead atoms. The van der Waals surface area contributed by atoms with Gasteiger partial charge in [0.1, 0.15) is 18.1 Å². The Hall–Kier alpha value is -4.79. The molecule has 0 saturated heterocycles. The molecular weight excluding hydrogens is 446 g/mol. The minimum absolute atomic E-state index is 0.0480. The number of aromatic nitrogens is 2. The number of nitro benzene ring substituents is 1. The summed E-state index contributed by atoms with van der Waals surface area (Å²) >= 11 is 0. The zero-order valence-corrected chi connectivity index (χ0v) is 19.2. The maximum atomic E-state index is 12.5. The number of hydrogen-bond acceptors (Lipinski definition) is 6. The van der Waals surface area contributed by atoms with E-state index in [1.807, 2.05) is 55.5 Å². The Labute approximate surface area is 201 Å². The molecule has 35 heavy (non-hydrogen) atoms. The number of hydrogen-bond donors (Lipinski definition) is 2. The Morgan fingerprint density at radius 1 is 1.09 bits per heavy atom. The smallest absolute Gasteiger partial charge is 0.289 e. The highest BCUT2D eigenvalue weighted by atomic mass is 16.6. The van der Waals surface area contributed by atoms with Gasteiger partial charge in [0, 0.05) is 23.3 Å². The van der Waals surface area contributed by atoms with E-state index in [2.05, 4.69) is 20.7 Å². The summed E-state index contributed by atoms with van der Waals surface area (Å²) in [4.78, 5) is 22.9. The largest absolute Gasteiger partial charge is 0.489 e. The topological polar surface area (TPSA) is 123 Å². The average Bonchev–Trinajstić information content (AvgIpc) is 3.37. The number of aromatic amines is 1. The summed E-state index contributed by atoms with van der Waals surface area (Å²) < 4.78 is 5.83. The summed E-state index contributed by atoms with van der Waals surface area (Å²) in [5, 5.41) is 21.9. The fraction of sp³-hybridized carbons (Fsp3) is 0.115. The molecule has 0 saturated carbocycles. The zero-order valence-electron chi connectivity index (χ0n) is 19.2. The van der Waals surface area contributed by atoms with Gasteiger partial charge >= 0.3 is 0 Å². The van der Waals surface area contributed by atoms with Gasteiger partial charge in [-0.25, -0.2) is 5.43 Å². The number of nitro groups is 1. The first-order chi connectivity index (χ1) is 16.9. The lowest BCUT2D eigenvalue weighted by Gasteiger charge is -2.07. The Morgan fingerprint density at radius 2 is 1.83 bits per heavy atom. The summed E-state index contributed by atoms with van der Waals surface area (Å²) in [6.45, 7) is 4.17. The van der Waals surface area contributed by atoms with Gasteiger partial charge in [-0.3, -0.25) is 20.0 Å². The maximum absolute atomic E-state index is 12.5. The molecule has 4 aromatic rings. The molecule has 4 rings (SSSR count). The van der Waals surface area contributed by atoms with Crippen LogP contribution >= 0.6 is 0 Å². The van der Waals surface area contributed by atoms with Crippen LogP contribution in [0, 0.1) is 17.0 Å². The number of carbonyl (C=O) groups is 1. The Kier molecular flexibility index (Phi) is 6.96. The van der Waals surface area contributed by atoms with Gasteiger partial charge in [-0.05, 0) is 49.7 Å². The number of ether oxygens (including phenoxy) is 1. The van der Waals surface area contributed by atoms with E-state index in [4.69, 9.17) is 4.74 Å². The second-order valence-corrected chi connectivity index (χ2v) is 7.91. The van der Waals surface area contributed by atoms with Gasteiger partial charge in [0.05, 0.1) is 16.3 Å². The van der Waals surface area contributed by atoms with Crippen molar-refractivity contribution in [1.29, 1.82) is 0 Å². The molecule has 2 N–H and O–H groups in total. The van der Waals surface area contributed by atoms with E-state index in [0.29, 0.717) is 23.6 Å². The Bertz CT molecular complexity index is 1380. The molecule has 176 valence electrons. The van der Waals surface area contributed by atoms with Crippen LogP contribution in [-0.4, -0.2) is 26.7 Å². The van der Waals surface area contributed by atoms with E-state index in [9.17, 15) is 14.9 Å². The van der Waals surface area contributed by atoms with Crippen LogP contribution in [0.5, 0.6) is 5.75 Å². The lowest BCUT2D eigenvalue weighted by atomic mass is 10.1. The SMILES string of the molecule is CC(=NNC(=O)c1cc(-c2ccc(OCc3ccc(C)cc3)cc2)n[nH]1)c1cccc([N+](=O)[O-])c1. The normalized spacial score (nSPS) is 11.2. The van der Waals surface area contributed by atoms with Crippen LogP contribution in [0.3, 0.4) is 0 Å². The van der Waals surface area contributed by atoms with Crippen molar-refractivity contribution in [3.8, 4) is 17.0 Å². The van der Waals surface area contributed by atoms with Crippen LogP contribution < -0.4 is 10.2 Å². The molecule has 9 heteroatoms. The minimum atomic E-state index is -0.482. The van der Waals surface area contributed by atoms with Crippen molar-refractivity contribution in [2.75, 3.05) is 0 Å². The van der Waals surface area contributed by atoms with Crippen LogP contribution in [0.2, 0.25) is 0 Å². The van der Waals surface area contributed by atoms with Gasteiger partial charge in [-0.15, -0.1) is 0 Å². The predicted octanol–water partition coefficient (Wildman–Crippen LogP) is 5.03. The molecule has 1 amide bonds. The second kappa shape index (κ2) is 10.4. The summed E-state index contributed by atoms with van der Waals surface area (Å²) in [6.07, 6.45) is 0. The van der Waals surface area contributed by atoms with Gasteiger partial charge in [0.25, 0.3) is 11.6 Å². The van der Waals surface area contributed by atoms with Gasteiger partial charge in [-0.1, -0.05) is 42.0 Å². The van der Waals surface area contributed by atoms with E-state index < -0.39 is 10.8 Å². The van der Waals surface area contributed by atoms with Crippen LogP contribution in [0.25, 0.3) is 11.3 Å². The molecule has 0 radical (unpaired) electrons. The Balaban J connectivity index is 1.37. The molecule has 0 atom stereocenters. The molecule has 3 aromatic carbocycles. The van der Waals surface area contributed by atoms with Gasteiger partial charge in [-0.2, -0.15) is 10.2 Å². The predicted molar refractivity (Wildman–Crippen MR) is 132 cm³/mol. The van der Waals surface area contributed by atoms with Crippen molar-refractivity contribution in [2.45, 2.75) is 20.5 Å². The van der Waals surface area contributed by atoms with E-state index in [1.54, 1.807) is 25.1 Å². The number of amides is 1. The van der Waals surface area contributed by atoms with Crippen molar-refractivity contribution < 1.29 is 14.5 Å². The van der Waals surface area contributed by atoms with Crippen molar-refractivity contribution in [2.24, 2.45) is 5.10 Å². The first-order valence-electron chi connectivity index (χ1n) is 10.8. The first-order valence-corrected chi connectivity index (χ1v) is 10.8. The monoisotopic (exact) mass is 469 g/mol. The highest BCUT2D eigenvalue weighted by molar-refractivity contribution is 6.01. The number of carbonyl (C=O) groups excluding carboxylic acids is 1. The standard InChI is InChI=1S/C26H23N5O4/c1-17-6-8-19(9-7-17)16-35-23-12-10-20(11-13-23)24-15-25(29-28-24)26(32)30-27-18(2)21-4-3-5-22(14-21)31(33)34/h3-15H,16H2,1-2H3,(H,28,29)(H,30,32). The number of nitrogens with one attached hydrogen (secondary N) is 2. The maximum Gasteiger partial charge on any atom is 0.289 e. The number of rotatable bonds is 8. The van der Waals surface area contributed by atoms with E-state index in [-0.39, 0.29) is 11.4 Å². The molecule has 9 nitrogen and oxygen atoms in total. The van der Waals surface area contributed by atoms with Crippen molar-refractivity contribution >= 4 is 17.3 Å². The summed E-state index contributed by atoms with van der Waals surface area (Å²) in [7, 11) is 0. The number of hydrazone groups is 1.